The van der Waals surface area contributed by atoms with Crippen molar-refractivity contribution in [3.63, 3.8) is 0 Å². The van der Waals surface area contributed by atoms with Crippen LogP contribution in [0.2, 0.25) is 0 Å². The van der Waals surface area contributed by atoms with Gasteiger partial charge in [0.25, 0.3) is 0 Å². The minimum absolute atomic E-state index is 0.873. The van der Waals surface area contributed by atoms with E-state index in [2.05, 4.69) is 36.4 Å². The second kappa shape index (κ2) is 4.20. The fraction of sp³-hybridized carbons (Fsp3) is 0.0556. The summed E-state index contributed by atoms with van der Waals surface area (Å²) in [6, 6.07) is 20.8. The van der Waals surface area contributed by atoms with Gasteiger partial charge in [-0.25, -0.2) is 4.98 Å². The number of para-hydroxylation sites is 1. The molecule has 0 atom stereocenters. The third-order valence-electron chi connectivity index (χ3n) is 3.71. The summed E-state index contributed by atoms with van der Waals surface area (Å²) in [5, 5.41) is 4.66. The summed E-state index contributed by atoms with van der Waals surface area (Å²) in [5.74, 6) is 0.873. The average molecular weight is 259 g/mol. The van der Waals surface area contributed by atoms with E-state index in [1.165, 1.54) is 10.8 Å². The lowest BCUT2D eigenvalue weighted by atomic mass is 10.0. The first-order valence-corrected chi connectivity index (χ1v) is 6.61. The molecule has 2 nitrogen and oxygen atoms in total. The van der Waals surface area contributed by atoms with Crippen molar-refractivity contribution in [2.45, 2.75) is 0 Å². The van der Waals surface area contributed by atoms with Crippen LogP contribution in [-0.4, -0.2) is 12.1 Å². The van der Waals surface area contributed by atoms with Crippen molar-refractivity contribution in [1.29, 1.82) is 0 Å². The molecule has 96 valence electrons. The molecule has 0 aliphatic rings. The highest BCUT2D eigenvalue weighted by molar-refractivity contribution is 6.08. The molecule has 0 saturated carbocycles. The number of nitrogens with zero attached hydrogens (tertiary/aromatic N) is 1. The summed E-state index contributed by atoms with van der Waals surface area (Å²) in [5.41, 5.74) is 2.08. The van der Waals surface area contributed by atoms with Crippen molar-refractivity contribution in [2.24, 2.45) is 0 Å². The standard InChI is InChI=1S/C18H13NO/c1-20-15-8-9-16-12(11-15)6-7-14-10-13-4-2-3-5-17(13)19-18(14)16/h2-11H,1H3. The monoisotopic (exact) mass is 259 g/mol. The number of benzene rings is 3. The fourth-order valence-electron chi connectivity index (χ4n) is 2.68. The summed E-state index contributed by atoms with van der Waals surface area (Å²) < 4.78 is 5.28. The van der Waals surface area contributed by atoms with Gasteiger partial charge in [-0.3, -0.25) is 0 Å². The van der Waals surface area contributed by atoms with Gasteiger partial charge in [-0.1, -0.05) is 30.3 Å². The number of fused-ring (bicyclic) bond motifs is 4. The lowest BCUT2D eigenvalue weighted by molar-refractivity contribution is 0.415. The van der Waals surface area contributed by atoms with Crippen LogP contribution in [0.5, 0.6) is 5.75 Å². The van der Waals surface area contributed by atoms with E-state index in [0.29, 0.717) is 0 Å². The van der Waals surface area contributed by atoms with E-state index in [-0.39, 0.29) is 0 Å². The number of hydrogen-bond acceptors (Lipinski definition) is 2. The van der Waals surface area contributed by atoms with Gasteiger partial charge in [0.2, 0.25) is 0 Å². The summed E-state index contributed by atoms with van der Waals surface area (Å²) in [6.07, 6.45) is 0. The van der Waals surface area contributed by atoms with Gasteiger partial charge in [0.1, 0.15) is 5.75 Å². The summed E-state index contributed by atoms with van der Waals surface area (Å²) in [6.45, 7) is 0. The average Bonchev–Trinajstić information content (AvgIpc) is 2.52. The van der Waals surface area contributed by atoms with Gasteiger partial charge in [0, 0.05) is 16.2 Å². The predicted molar refractivity (Wildman–Crippen MR) is 83.3 cm³/mol. The zero-order valence-electron chi connectivity index (χ0n) is 11.1. The van der Waals surface area contributed by atoms with Crippen molar-refractivity contribution >= 4 is 32.6 Å². The van der Waals surface area contributed by atoms with Gasteiger partial charge in [0.15, 0.2) is 0 Å². The Morgan fingerprint density at radius 2 is 1.65 bits per heavy atom. The molecule has 20 heavy (non-hydrogen) atoms. The van der Waals surface area contributed by atoms with Gasteiger partial charge < -0.3 is 4.74 Å². The molecule has 3 aromatic carbocycles. The van der Waals surface area contributed by atoms with Crippen LogP contribution in [0.3, 0.4) is 0 Å². The van der Waals surface area contributed by atoms with E-state index in [9.17, 15) is 0 Å². The molecule has 0 spiro atoms. The van der Waals surface area contributed by atoms with Crippen LogP contribution in [-0.2, 0) is 0 Å². The van der Waals surface area contributed by atoms with Gasteiger partial charge in [-0.15, -0.1) is 0 Å². The number of pyridine rings is 1. The van der Waals surface area contributed by atoms with E-state index >= 15 is 0 Å². The van der Waals surface area contributed by atoms with Crippen molar-refractivity contribution in [3.8, 4) is 5.75 Å². The number of ether oxygens (including phenoxy) is 1. The molecule has 0 bridgehead atoms. The molecule has 0 aliphatic heterocycles. The van der Waals surface area contributed by atoms with Crippen LogP contribution < -0.4 is 4.74 Å². The van der Waals surface area contributed by atoms with Gasteiger partial charge in [0.05, 0.1) is 18.1 Å². The Morgan fingerprint density at radius 1 is 0.800 bits per heavy atom. The van der Waals surface area contributed by atoms with Crippen molar-refractivity contribution < 1.29 is 4.74 Å². The predicted octanol–water partition coefficient (Wildman–Crippen LogP) is 4.55. The normalized spacial score (nSPS) is 11.2. The minimum atomic E-state index is 0.873. The number of methoxy groups -OCH3 is 1. The highest BCUT2D eigenvalue weighted by Crippen LogP contribution is 2.29. The van der Waals surface area contributed by atoms with E-state index in [1.807, 2.05) is 24.3 Å². The smallest absolute Gasteiger partial charge is 0.119 e. The lowest BCUT2D eigenvalue weighted by Gasteiger charge is -2.07. The molecule has 0 saturated heterocycles. The number of hydrogen-bond donors (Lipinski definition) is 0. The van der Waals surface area contributed by atoms with Crippen molar-refractivity contribution in [2.75, 3.05) is 7.11 Å². The third-order valence-corrected chi connectivity index (χ3v) is 3.71. The maximum atomic E-state index is 5.28. The second-order valence-electron chi connectivity index (χ2n) is 4.91. The van der Waals surface area contributed by atoms with Gasteiger partial charge in [-0.05, 0) is 35.7 Å². The first-order chi connectivity index (χ1) is 9.85. The molecule has 0 amide bonds. The van der Waals surface area contributed by atoms with Crippen LogP contribution in [0.15, 0.2) is 60.7 Å². The maximum absolute atomic E-state index is 5.28. The maximum Gasteiger partial charge on any atom is 0.119 e. The van der Waals surface area contributed by atoms with E-state index in [0.717, 1.165) is 27.6 Å². The van der Waals surface area contributed by atoms with Crippen molar-refractivity contribution in [1.82, 2.24) is 4.98 Å². The Hall–Kier alpha value is -2.61. The second-order valence-corrected chi connectivity index (χ2v) is 4.91. The highest BCUT2D eigenvalue weighted by Gasteiger charge is 2.05. The van der Waals surface area contributed by atoms with Crippen molar-refractivity contribution in [3.05, 3.63) is 60.7 Å². The molecular weight excluding hydrogens is 246 g/mol. The third kappa shape index (κ3) is 1.62. The molecule has 0 aliphatic carbocycles. The lowest BCUT2D eigenvalue weighted by Crippen LogP contribution is -1.86. The molecule has 1 heterocycles. The molecular formula is C18H13NO. The zero-order valence-corrected chi connectivity index (χ0v) is 11.1. The largest absolute Gasteiger partial charge is 0.497 e. The van der Waals surface area contributed by atoms with Gasteiger partial charge >= 0.3 is 0 Å². The molecule has 0 fully saturated rings. The first kappa shape index (κ1) is 11.2. The van der Waals surface area contributed by atoms with Crippen LogP contribution in [0, 0.1) is 0 Å². The van der Waals surface area contributed by atoms with E-state index in [1.54, 1.807) is 7.11 Å². The van der Waals surface area contributed by atoms with Crippen LogP contribution >= 0.6 is 0 Å². The first-order valence-electron chi connectivity index (χ1n) is 6.61. The molecule has 4 aromatic rings. The van der Waals surface area contributed by atoms with E-state index in [4.69, 9.17) is 9.72 Å². The molecule has 0 unspecified atom stereocenters. The Morgan fingerprint density at radius 3 is 2.55 bits per heavy atom. The van der Waals surface area contributed by atoms with Gasteiger partial charge in [-0.2, -0.15) is 0 Å². The Bertz CT molecular complexity index is 944. The summed E-state index contributed by atoms with van der Waals surface area (Å²) >= 11 is 0. The number of aromatic nitrogens is 1. The topological polar surface area (TPSA) is 22.1 Å². The Labute approximate surface area is 116 Å². The van der Waals surface area contributed by atoms with Crippen LogP contribution in [0.1, 0.15) is 0 Å². The summed E-state index contributed by atoms with van der Waals surface area (Å²) in [4.78, 5) is 4.82. The molecule has 0 radical (unpaired) electrons. The Kier molecular flexibility index (Phi) is 2.36. The minimum Gasteiger partial charge on any atom is -0.497 e. The highest BCUT2D eigenvalue weighted by atomic mass is 16.5. The SMILES string of the molecule is COc1ccc2c(ccc3cc4ccccc4nc32)c1. The quantitative estimate of drug-likeness (QED) is 0.369. The Balaban J connectivity index is 2.14. The van der Waals surface area contributed by atoms with E-state index < -0.39 is 0 Å². The molecule has 1 aromatic heterocycles. The zero-order chi connectivity index (χ0) is 13.5. The van der Waals surface area contributed by atoms with Crippen LogP contribution in [0.4, 0.5) is 0 Å². The summed E-state index contributed by atoms with van der Waals surface area (Å²) in [7, 11) is 1.69. The molecule has 4 rings (SSSR count). The number of rotatable bonds is 1. The molecule has 2 heteroatoms. The fourth-order valence-corrected chi connectivity index (χ4v) is 2.68. The molecule has 0 N–H and O–H groups in total. The van der Waals surface area contributed by atoms with Crippen LogP contribution in [0.25, 0.3) is 32.6 Å².